The minimum absolute atomic E-state index is 0.116. The molecule has 1 amide bonds. The normalized spacial score (nSPS) is 11.7. The predicted octanol–water partition coefficient (Wildman–Crippen LogP) is 3.70. The molecule has 5 nitrogen and oxygen atoms in total. The average molecular weight is 369 g/mol. The Bertz CT molecular complexity index is 892. The molecule has 6 heteroatoms. The third kappa shape index (κ3) is 4.83. The van der Waals surface area contributed by atoms with Gasteiger partial charge in [0.2, 0.25) is 0 Å². The molecule has 3 aromatic rings. The number of benzene rings is 2. The molecule has 0 spiro atoms. The van der Waals surface area contributed by atoms with Gasteiger partial charge in [-0.05, 0) is 41.3 Å². The molecule has 0 aliphatic rings. The summed E-state index contributed by atoms with van der Waals surface area (Å²) in [6.45, 7) is 1.32. The van der Waals surface area contributed by atoms with Gasteiger partial charge in [-0.15, -0.1) is 11.3 Å². The van der Waals surface area contributed by atoms with Gasteiger partial charge in [0.25, 0.3) is 5.91 Å². The van der Waals surface area contributed by atoms with Crippen LogP contribution in [0.25, 0.3) is 10.8 Å². The highest BCUT2D eigenvalue weighted by molar-refractivity contribution is 7.10. The van der Waals surface area contributed by atoms with Crippen molar-refractivity contribution in [3.63, 3.8) is 0 Å². The summed E-state index contributed by atoms with van der Waals surface area (Å²) < 4.78 is 10.4. The SMILES string of the molecule is C[C@@H](NC(=O)COC(=O)COc1ccc2ccccc2c1)c1cccs1. The summed E-state index contributed by atoms with van der Waals surface area (Å²) in [5.74, 6) is -0.349. The maximum absolute atomic E-state index is 11.8. The lowest BCUT2D eigenvalue weighted by Gasteiger charge is -2.12. The van der Waals surface area contributed by atoms with Gasteiger partial charge in [0.1, 0.15) is 5.75 Å². The molecule has 0 unspecified atom stereocenters. The summed E-state index contributed by atoms with van der Waals surface area (Å²) in [6, 6.07) is 17.2. The molecule has 134 valence electrons. The van der Waals surface area contributed by atoms with E-state index >= 15 is 0 Å². The quantitative estimate of drug-likeness (QED) is 0.645. The number of thiophene rings is 1. The van der Waals surface area contributed by atoms with E-state index in [0.29, 0.717) is 5.75 Å². The third-order valence-electron chi connectivity index (χ3n) is 3.79. The van der Waals surface area contributed by atoms with Gasteiger partial charge >= 0.3 is 5.97 Å². The molecule has 0 saturated heterocycles. The Balaban J connectivity index is 1.42. The predicted molar refractivity (Wildman–Crippen MR) is 101 cm³/mol. The molecule has 1 atom stereocenters. The lowest BCUT2D eigenvalue weighted by atomic mass is 10.1. The van der Waals surface area contributed by atoms with Crippen LogP contribution in [0.1, 0.15) is 17.8 Å². The van der Waals surface area contributed by atoms with E-state index in [9.17, 15) is 9.59 Å². The number of rotatable bonds is 7. The van der Waals surface area contributed by atoms with E-state index in [2.05, 4.69) is 5.32 Å². The number of carbonyl (C=O) groups is 2. The Hall–Kier alpha value is -2.86. The largest absolute Gasteiger partial charge is 0.482 e. The molecule has 0 bridgehead atoms. The smallest absolute Gasteiger partial charge is 0.344 e. The van der Waals surface area contributed by atoms with E-state index in [1.165, 1.54) is 0 Å². The molecule has 1 N–H and O–H groups in total. The van der Waals surface area contributed by atoms with Crippen molar-refractivity contribution in [3.05, 3.63) is 64.9 Å². The van der Waals surface area contributed by atoms with Crippen LogP contribution < -0.4 is 10.1 Å². The molecule has 0 aliphatic carbocycles. The molecule has 0 saturated carbocycles. The molecule has 0 fully saturated rings. The van der Waals surface area contributed by atoms with E-state index in [1.54, 1.807) is 17.4 Å². The number of hydrogen-bond acceptors (Lipinski definition) is 5. The number of hydrogen-bond donors (Lipinski definition) is 1. The van der Waals surface area contributed by atoms with E-state index < -0.39 is 5.97 Å². The molecular weight excluding hydrogens is 350 g/mol. The van der Waals surface area contributed by atoms with Crippen LogP contribution >= 0.6 is 11.3 Å². The van der Waals surface area contributed by atoms with E-state index in [1.807, 2.05) is 60.8 Å². The van der Waals surface area contributed by atoms with Crippen molar-refractivity contribution in [1.29, 1.82) is 0 Å². The Morgan fingerprint density at radius 2 is 1.85 bits per heavy atom. The van der Waals surface area contributed by atoms with Crippen LogP contribution in [-0.4, -0.2) is 25.1 Å². The number of fused-ring (bicyclic) bond motifs is 1. The fourth-order valence-corrected chi connectivity index (χ4v) is 3.21. The van der Waals surface area contributed by atoms with Crippen molar-refractivity contribution in [2.24, 2.45) is 0 Å². The molecule has 2 aromatic carbocycles. The second kappa shape index (κ2) is 8.49. The molecule has 3 rings (SSSR count). The summed E-state index contributed by atoms with van der Waals surface area (Å²) in [7, 11) is 0. The van der Waals surface area contributed by atoms with Crippen molar-refractivity contribution in [2.75, 3.05) is 13.2 Å². The maximum Gasteiger partial charge on any atom is 0.344 e. The first-order valence-corrected chi connectivity index (χ1v) is 9.10. The second-order valence-corrected chi connectivity index (χ2v) is 6.74. The lowest BCUT2D eigenvalue weighted by Crippen LogP contribution is -2.31. The lowest BCUT2D eigenvalue weighted by molar-refractivity contribution is -0.150. The highest BCUT2D eigenvalue weighted by Crippen LogP contribution is 2.20. The van der Waals surface area contributed by atoms with Crippen molar-refractivity contribution in [1.82, 2.24) is 5.32 Å². The minimum Gasteiger partial charge on any atom is -0.482 e. The molecule has 1 aromatic heterocycles. The number of ether oxygens (including phenoxy) is 2. The Morgan fingerprint density at radius 1 is 1.04 bits per heavy atom. The van der Waals surface area contributed by atoms with Crippen LogP contribution in [0.4, 0.5) is 0 Å². The fraction of sp³-hybridized carbons (Fsp3) is 0.200. The monoisotopic (exact) mass is 369 g/mol. The van der Waals surface area contributed by atoms with Gasteiger partial charge in [-0.3, -0.25) is 4.79 Å². The Morgan fingerprint density at radius 3 is 2.62 bits per heavy atom. The fourth-order valence-electron chi connectivity index (χ4n) is 2.48. The zero-order valence-electron chi connectivity index (χ0n) is 14.3. The van der Waals surface area contributed by atoms with E-state index in [0.717, 1.165) is 15.6 Å². The number of esters is 1. The topological polar surface area (TPSA) is 64.6 Å². The van der Waals surface area contributed by atoms with Gasteiger partial charge < -0.3 is 14.8 Å². The zero-order chi connectivity index (χ0) is 18.4. The first-order valence-electron chi connectivity index (χ1n) is 8.22. The highest BCUT2D eigenvalue weighted by atomic mass is 32.1. The van der Waals surface area contributed by atoms with Crippen molar-refractivity contribution in [3.8, 4) is 5.75 Å². The summed E-state index contributed by atoms with van der Waals surface area (Å²) >= 11 is 1.56. The highest BCUT2D eigenvalue weighted by Gasteiger charge is 2.13. The van der Waals surface area contributed by atoms with Crippen LogP contribution in [0.2, 0.25) is 0 Å². The average Bonchev–Trinajstić information content (AvgIpc) is 3.19. The van der Waals surface area contributed by atoms with Gasteiger partial charge in [-0.25, -0.2) is 4.79 Å². The molecule has 0 radical (unpaired) electrons. The molecule has 0 aliphatic heterocycles. The van der Waals surface area contributed by atoms with E-state index in [-0.39, 0.29) is 25.2 Å². The second-order valence-electron chi connectivity index (χ2n) is 5.76. The van der Waals surface area contributed by atoms with Gasteiger partial charge in [0.05, 0.1) is 6.04 Å². The third-order valence-corrected chi connectivity index (χ3v) is 4.84. The van der Waals surface area contributed by atoms with E-state index in [4.69, 9.17) is 9.47 Å². The zero-order valence-corrected chi connectivity index (χ0v) is 15.1. The molecule has 26 heavy (non-hydrogen) atoms. The van der Waals surface area contributed by atoms with Crippen LogP contribution in [0.3, 0.4) is 0 Å². The first kappa shape index (κ1) is 17.9. The standard InChI is InChI=1S/C20H19NO4S/c1-14(18-7-4-10-26-18)21-19(22)12-25-20(23)13-24-17-9-8-15-5-2-3-6-16(15)11-17/h2-11,14H,12-13H2,1H3,(H,21,22)/t14-/m1/s1. The number of amides is 1. The number of nitrogens with one attached hydrogen (secondary N) is 1. The minimum atomic E-state index is -0.586. The molecule has 1 heterocycles. The van der Waals surface area contributed by atoms with Crippen LogP contribution in [-0.2, 0) is 14.3 Å². The van der Waals surface area contributed by atoms with Gasteiger partial charge in [0.15, 0.2) is 13.2 Å². The summed E-state index contributed by atoms with van der Waals surface area (Å²) in [6.07, 6.45) is 0. The van der Waals surface area contributed by atoms with Crippen LogP contribution in [0.15, 0.2) is 60.0 Å². The van der Waals surface area contributed by atoms with Gasteiger partial charge in [-0.1, -0.05) is 36.4 Å². The summed E-state index contributed by atoms with van der Waals surface area (Å²) in [5.41, 5.74) is 0. The van der Waals surface area contributed by atoms with Gasteiger partial charge in [-0.2, -0.15) is 0 Å². The van der Waals surface area contributed by atoms with Gasteiger partial charge in [0, 0.05) is 4.88 Å². The summed E-state index contributed by atoms with van der Waals surface area (Å²) in [5, 5.41) is 6.86. The number of carbonyl (C=O) groups excluding carboxylic acids is 2. The van der Waals surface area contributed by atoms with Crippen molar-refractivity contribution >= 4 is 34.0 Å². The van der Waals surface area contributed by atoms with Crippen molar-refractivity contribution < 1.29 is 19.1 Å². The summed E-state index contributed by atoms with van der Waals surface area (Å²) in [4.78, 5) is 24.7. The van der Waals surface area contributed by atoms with Crippen LogP contribution in [0, 0.1) is 0 Å². The Labute approximate surface area is 155 Å². The first-order chi connectivity index (χ1) is 12.6. The Kier molecular flexibility index (Phi) is 5.86. The maximum atomic E-state index is 11.8. The van der Waals surface area contributed by atoms with Crippen molar-refractivity contribution in [2.45, 2.75) is 13.0 Å². The van der Waals surface area contributed by atoms with Crippen LogP contribution in [0.5, 0.6) is 5.75 Å². The molecular formula is C20H19NO4S.